The molecule has 0 saturated carbocycles. The van der Waals surface area contributed by atoms with Crippen LogP contribution in [0, 0.1) is 33.3 Å². The van der Waals surface area contributed by atoms with Gasteiger partial charge in [-0.3, -0.25) is 0 Å². The van der Waals surface area contributed by atoms with Crippen LogP contribution in [0.1, 0.15) is 12.5 Å². The molecule has 9 heteroatoms. The topological polar surface area (TPSA) is 121 Å². The molecule has 0 aliphatic carbocycles. The second kappa shape index (κ2) is 30.5. The van der Waals surface area contributed by atoms with Crippen LogP contribution in [-0.2, 0) is 48.6 Å². The van der Waals surface area contributed by atoms with Crippen molar-refractivity contribution in [2.45, 2.75) is 6.92 Å². The monoisotopic (exact) mass is 437 g/mol. The quantitative estimate of drug-likeness (QED) is 0.516. The van der Waals surface area contributed by atoms with Crippen LogP contribution in [0.5, 0.6) is 0 Å². The zero-order chi connectivity index (χ0) is 23.5. The van der Waals surface area contributed by atoms with E-state index in [0.717, 1.165) is 30.9 Å². The van der Waals surface area contributed by atoms with Crippen molar-refractivity contribution in [1.29, 1.82) is 0 Å². The second-order valence-corrected chi connectivity index (χ2v) is 4.88. The zero-order valence-corrected chi connectivity index (χ0v) is 17.0. The summed E-state index contributed by atoms with van der Waals surface area (Å²) >= 11 is 2.98. The molecule has 0 atom stereocenters. The average molecular weight is 437 g/mol. The summed E-state index contributed by atoms with van der Waals surface area (Å²) in [6.45, 7) is 28.6. The van der Waals surface area contributed by atoms with E-state index in [9.17, 15) is 0 Å². The molecule has 2 rings (SSSR count). The van der Waals surface area contributed by atoms with E-state index in [0.29, 0.717) is 6.61 Å². The maximum absolute atomic E-state index is 7.50. The van der Waals surface area contributed by atoms with Gasteiger partial charge in [-0.1, -0.05) is 0 Å². The molecular formula is C20H19CrNO7. The number of hydrogen-bond acceptors (Lipinski definition) is 3. The first-order valence-electron chi connectivity index (χ1n) is 7.60. The SMILES string of the molecule is CCO[C](=[Cr])/C=C(\c1ccccc1)N1CCOCC1.[C-]#[O+].[C-]#[O+].[C-]#[O+].[C-]#[O+].[C-]#[O+]. The Hall–Kier alpha value is -2.22. The Morgan fingerprint density at radius 3 is 1.83 bits per heavy atom. The van der Waals surface area contributed by atoms with E-state index >= 15 is 0 Å². The van der Waals surface area contributed by atoms with Crippen molar-refractivity contribution in [2.24, 2.45) is 0 Å². The fraction of sp³-hybridized carbons (Fsp3) is 0.300. The van der Waals surface area contributed by atoms with Gasteiger partial charge in [-0.2, -0.15) is 0 Å². The third-order valence-electron chi connectivity index (χ3n) is 2.96. The molecule has 0 aromatic heterocycles. The van der Waals surface area contributed by atoms with Crippen molar-refractivity contribution >= 4 is 10.3 Å². The first-order chi connectivity index (χ1) is 14.3. The molecule has 1 saturated heterocycles. The van der Waals surface area contributed by atoms with E-state index in [1.807, 2.05) is 13.0 Å². The van der Waals surface area contributed by atoms with Gasteiger partial charge in [-0.25, -0.2) is 0 Å². The van der Waals surface area contributed by atoms with E-state index in [4.69, 9.17) is 32.7 Å². The summed E-state index contributed by atoms with van der Waals surface area (Å²) in [6, 6.07) is 10.4. The molecule has 1 heterocycles. The third kappa shape index (κ3) is 17.6. The first kappa shape index (κ1) is 34.3. The minimum absolute atomic E-state index is 0.671. The number of benzene rings is 1. The van der Waals surface area contributed by atoms with Crippen molar-refractivity contribution in [3.63, 3.8) is 0 Å². The number of nitrogens with zero attached hydrogens (tertiary/aromatic N) is 1. The van der Waals surface area contributed by atoms with Gasteiger partial charge in [-0.15, -0.1) is 0 Å². The van der Waals surface area contributed by atoms with Crippen molar-refractivity contribution in [1.82, 2.24) is 4.90 Å². The summed E-state index contributed by atoms with van der Waals surface area (Å²) in [5, 5.41) is 0. The standard InChI is InChI=1S/C15H19NO2.5CO.Cr/c1-2-17-11-8-15(14-6-4-3-5-7-14)16-9-12-18-13-10-16;5*1-2;/h3-8H,2,9-10,12-13H2,1H3;;;;;;/b15-8+;;;;;;. The van der Waals surface area contributed by atoms with Crippen LogP contribution in [0.3, 0.4) is 0 Å². The molecule has 0 spiro atoms. The summed E-state index contributed by atoms with van der Waals surface area (Å²) in [5.41, 5.74) is 2.39. The molecule has 29 heavy (non-hydrogen) atoms. The van der Waals surface area contributed by atoms with Crippen LogP contribution in [0.2, 0.25) is 0 Å². The fourth-order valence-corrected chi connectivity index (χ4v) is 2.42. The Balaban J connectivity index is -0.000000273. The van der Waals surface area contributed by atoms with Crippen LogP contribution in [0.15, 0.2) is 36.4 Å². The minimum atomic E-state index is 0.671. The van der Waals surface area contributed by atoms with Crippen LogP contribution in [0.4, 0.5) is 0 Å². The molecule has 1 aromatic rings. The van der Waals surface area contributed by atoms with Gasteiger partial charge >= 0.3 is 179 Å². The summed E-state index contributed by atoms with van der Waals surface area (Å²) in [5.74, 6) is 0. The molecule has 1 fully saturated rings. The summed E-state index contributed by atoms with van der Waals surface area (Å²) in [7, 11) is 0. The molecule has 152 valence electrons. The predicted octanol–water partition coefficient (Wildman–Crippen LogP) is 1.89. The van der Waals surface area contributed by atoms with Gasteiger partial charge in [0.1, 0.15) is 0 Å². The van der Waals surface area contributed by atoms with Gasteiger partial charge < -0.3 is 0 Å². The maximum atomic E-state index is 7.50. The molecule has 0 N–H and O–H groups in total. The third-order valence-corrected chi connectivity index (χ3v) is 3.33. The van der Waals surface area contributed by atoms with Crippen molar-refractivity contribution in [3.8, 4) is 0 Å². The summed E-state index contributed by atoms with van der Waals surface area (Å²) < 4.78 is 49.3. The van der Waals surface area contributed by atoms with Crippen LogP contribution in [-0.4, -0.2) is 42.4 Å². The van der Waals surface area contributed by atoms with Gasteiger partial charge in [0.25, 0.3) is 0 Å². The van der Waals surface area contributed by atoms with Gasteiger partial charge in [0.15, 0.2) is 0 Å². The van der Waals surface area contributed by atoms with E-state index in [1.54, 1.807) is 0 Å². The first-order valence-corrected chi connectivity index (χ1v) is 8.23. The molecular weight excluding hydrogens is 418 g/mol. The molecule has 0 unspecified atom stereocenters. The van der Waals surface area contributed by atoms with E-state index in [-0.39, 0.29) is 0 Å². The molecule has 0 amide bonds. The number of rotatable bonds is 5. The van der Waals surface area contributed by atoms with Crippen molar-refractivity contribution < 1.29 is 48.6 Å². The molecule has 0 bridgehead atoms. The molecule has 1 aromatic carbocycles. The van der Waals surface area contributed by atoms with Crippen LogP contribution >= 0.6 is 0 Å². The molecule has 1 aliphatic heterocycles. The van der Waals surface area contributed by atoms with Crippen LogP contribution in [0.25, 0.3) is 5.70 Å². The van der Waals surface area contributed by atoms with Gasteiger partial charge in [0.05, 0.1) is 0 Å². The zero-order valence-electron chi connectivity index (χ0n) is 15.7. The Kier molecular flexibility index (Phi) is 36.1. The van der Waals surface area contributed by atoms with Gasteiger partial charge in [0.2, 0.25) is 0 Å². The molecule has 0 radical (unpaired) electrons. The normalized spacial score (nSPS) is 11.1. The van der Waals surface area contributed by atoms with Gasteiger partial charge in [-0.05, 0) is 0 Å². The molecule has 1 aliphatic rings. The molecule has 8 nitrogen and oxygen atoms in total. The van der Waals surface area contributed by atoms with E-state index in [2.05, 4.69) is 84.3 Å². The Morgan fingerprint density at radius 2 is 1.41 bits per heavy atom. The number of morpholine rings is 1. The Bertz CT molecular complexity index is 607. The average Bonchev–Trinajstić information content (AvgIpc) is 2.85. The number of ether oxygens (including phenoxy) is 2. The van der Waals surface area contributed by atoms with E-state index in [1.165, 1.54) is 11.3 Å². The Labute approximate surface area is 179 Å². The van der Waals surface area contributed by atoms with Crippen LogP contribution < -0.4 is 0 Å². The second-order valence-electron chi connectivity index (χ2n) is 4.25. The fourth-order valence-electron chi connectivity index (χ4n) is 2.07. The predicted molar refractivity (Wildman–Crippen MR) is 93.1 cm³/mol. The number of hydrogen-bond donors (Lipinski definition) is 0. The Morgan fingerprint density at radius 1 is 0.966 bits per heavy atom. The van der Waals surface area contributed by atoms with Crippen molar-refractivity contribution in [2.75, 3.05) is 32.9 Å². The van der Waals surface area contributed by atoms with E-state index < -0.39 is 0 Å². The van der Waals surface area contributed by atoms with Crippen molar-refractivity contribution in [3.05, 3.63) is 75.2 Å². The summed E-state index contributed by atoms with van der Waals surface area (Å²) in [4.78, 5) is 2.34. The summed E-state index contributed by atoms with van der Waals surface area (Å²) in [6.07, 6.45) is 2.07. The van der Waals surface area contributed by atoms with Gasteiger partial charge in [0, 0.05) is 0 Å².